The maximum Gasteiger partial charge on any atom is 0.255 e. The highest BCUT2D eigenvalue weighted by Crippen LogP contribution is 2.31. The maximum atomic E-state index is 13.7. The summed E-state index contributed by atoms with van der Waals surface area (Å²) in [6.45, 7) is 5.44. The Balaban J connectivity index is 1.69. The Morgan fingerprint density at radius 1 is 0.897 bits per heavy atom. The molecule has 0 atom stereocenters. The average Bonchev–Trinajstić information content (AvgIpc) is 2.67. The van der Waals surface area contributed by atoms with Crippen LogP contribution in [-0.2, 0) is 4.79 Å². The average molecular weight is 408 g/mol. The quantitative estimate of drug-likeness (QED) is 0.561. The molecule has 0 heterocycles. The minimum absolute atomic E-state index is 0.0228. The highest BCUT2D eigenvalue weighted by Gasteiger charge is 2.11. The van der Waals surface area contributed by atoms with Crippen molar-refractivity contribution in [2.75, 3.05) is 10.6 Å². The molecule has 2 N–H and O–H groups in total. The van der Waals surface area contributed by atoms with Gasteiger partial charge in [0.25, 0.3) is 5.91 Å². The van der Waals surface area contributed by atoms with Crippen molar-refractivity contribution < 1.29 is 14.0 Å². The van der Waals surface area contributed by atoms with E-state index in [0.717, 1.165) is 11.0 Å². The lowest BCUT2D eigenvalue weighted by molar-refractivity contribution is -0.114. The molecule has 0 saturated heterocycles. The molecule has 3 aromatic rings. The summed E-state index contributed by atoms with van der Waals surface area (Å²) in [6.07, 6.45) is 0. The molecule has 3 rings (SSSR count). The van der Waals surface area contributed by atoms with Gasteiger partial charge in [-0.25, -0.2) is 4.39 Å². The second kappa shape index (κ2) is 8.92. The van der Waals surface area contributed by atoms with Crippen LogP contribution in [0.25, 0.3) is 0 Å². The number of rotatable bonds is 5. The van der Waals surface area contributed by atoms with Crippen LogP contribution in [0.15, 0.2) is 70.5 Å². The van der Waals surface area contributed by atoms with Crippen molar-refractivity contribution in [2.24, 2.45) is 0 Å². The molecule has 0 spiro atoms. The molecule has 2 amide bonds. The lowest BCUT2D eigenvalue weighted by Crippen LogP contribution is -2.14. The van der Waals surface area contributed by atoms with Gasteiger partial charge in [-0.05, 0) is 67.9 Å². The largest absolute Gasteiger partial charge is 0.324 e. The summed E-state index contributed by atoms with van der Waals surface area (Å²) in [5, 5.41) is 5.16. The third-order valence-corrected chi connectivity index (χ3v) is 5.40. The van der Waals surface area contributed by atoms with E-state index in [9.17, 15) is 14.0 Å². The van der Waals surface area contributed by atoms with Crippen molar-refractivity contribution in [1.82, 2.24) is 0 Å². The summed E-state index contributed by atoms with van der Waals surface area (Å²) in [6, 6.07) is 17.7. The standard InChI is InChI=1S/C23H21FN2O2S/c1-14-4-11-22(15(2)12-14)29-19-8-6-18(7-9-19)26-23(28)17-5-10-20(24)21(13-17)25-16(3)27/h4-13H,1-3H3,(H,25,27)(H,26,28). The van der Waals surface area contributed by atoms with E-state index in [2.05, 4.69) is 42.7 Å². The summed E-state index contributed by atoms with van der Waals surface area (Å²) in [5.41, 5.74) is 3.31. The Kier molecular flexibility index (Phi) is 6.34. The molecule has 4 nitrogen and oxygen atoms in total. The Morgan fingerprint density at radius 2 is 1.62 bits per heavy atom. The molecule has 6 heteroatoms. The highest BCUT2D eigenvalue weighted by molar-refractivity contribution is 7.99. The molecule has 0 aromatic heterocycles. The molecular formula is C23H21FN2O2S. The highest BCUT2D eigenvalue weighted by atomic mass is 32.2. The predicted octanol–water partition coefficient (Wildman–Crippen LogP) is 5.80. The molecule has 0 radical (unpaired) electrons. The molecule has 0 unspecified atom stereocenters. The zero-order chi connectivity index (χ0) is 21.0. The van der Waals surface area contributed by atoms with Gasteiger partial charge in [0.15, 0.2) is 0 Å². The van der Waals surface area contributed by atoms with Crippen LogP contribution in [0.2, 0.25) is 0 Å². The zero-order valence-corrected chi connectivity index (χ0v) is 17.2. The molecule has 0 aliphatic rings. The predicted molar refractivity (Wildman–Crippen MR) is 115 cm³/mol. The van der Waals surface area contributed by atoms with Crippen molar-refractivity contribution in [3.63, 3.8) is 0 Å². The molecular weight excluding hydrogens is 387 g/mol. The van der Waals surface area contributed by atoms with Crippen LogP contribution in [0.5, 0.6) is 0 Å². The smallest absolute Gasteiger partial charge is 0.255 e. The van der Waals surface area contributed by atoms with E-state index < -0.39 is 11.7 Å². The lowest BCUT2D eigenvalue weighted by Gasteiger charge is -2.10. The van der Waals surface area contributed by atoms with Crippen LogP contribution < -0.4 is 10.6 Å². The molecule has 3 aromatic carbocycles. The lowest BCUT2D eigenvalue weighted by atomic mass is 10.1. The molecule has 0 aliphatic heterocycles. The van der Waals surface area contributed by atoms with Gasteiger partial charge in [0.05, 0.1) is 5.69 Å². The van der Waals surface area contributed by atoms with Gasteiger partial charge in [-0.3, -0.25) is 9.59 Å². The molecule has 29 heavy (non-hydrogen) atoms. The van der Waals surface area contributed by atoms with E-state index in [1.54, 1.807) is 11.8 Å². The second-order valence-electron chi connectivity index (χ2n) is 6.73. The fourth-order valence-corrected chi connectivity index (χ4v) is 3.68. The van der Waals surface area contributed by atoms with E-state index in [4.69, 9.17) is 0 Å². The number of carbonyl (C=O) groups is 2. The third kappa shape index (κ3) is 5.45. The van der Waals surface area contributed by atoms with Gasteiger partial charge >= 0.3 is 0 Å². The van der Waals surface area contributed by atoms with E-state index in [-0.39, 0.29) is 17.2 Å². The number of aryl methyl sites for hydroxylation is 2. The molecule has 0 saturated carbocycles. The van der Waals surface area contributed by atoms with Gasteiger partial charge in [-0.2, -0.15) is 0 Å². The first-order valence-corrected chi connectivity index (χ1v) is 9.87. The maximum absolute atomic E-state index is 13.7. The first-order chi connectivity index (χ1) is 13.8. The van der Waals surface area contributed by atoms with Gasteiger partial charge in [0.1, 0.15) is 5.82 Å². The summed E-state index contributed by atoms with van der Waals surface area (Å²) < 4.78 is 13.7. The number of hydrogen-bond acceptors (Lipinski definition) is 3. The fraction of sp³-hybridized carbons (Fsp3) is 0.130. The summed E-state index contributed by atoms with van der Waals surface area (Å²) >= 11 is 1.66. The first kappa shape index (κ1) is 20.6. The number of nitrogens with one attached hydrogen (secondary N) is 2. The van der Waals surface area contributed by atoms with E-state index >= 15 is 0 Å². The SMILES string of the molecule is CC(=O)Nc1cc(C(=O)Nc2ccc(Sc3ccc(C)cc3C)cc2)ccc1F. The molecule has 0 bridgehead atoms. The summed E-state index contributed by atoms with van der Waals surface area (Å²) in [5.74, 6) is -1.38. The molecule has 0 fully saturated rings. The monoisotopic (exact) mass is 408 g/mol. The van der Waals surface area contributed by atoms with Crippen molar-refractivity contribution in [2.45, 2.75) is 30.6 Å². The van der Waals surface area contributed by atoms with E-state index in [1.807, 2.05) is 24.3 Å². The van der Waals surface area contributed by atoms with Crippen molar-refractivity contribution in [3.05, 3.63) is 83.2 Å². The van der Waals surface area contributed by atoms with Crippen LogP contribution >= 0.6 is 11.8 Å². The number of benzene rings is 3. The molecule has 0 aliphatic carbocycles. The molecule has 148 valence electrons. The first-order valence-electron chi connectivity index (χ1n) is 9.05. The van der Waals surface area contributed by atoms with Gasteiger partial charge in [-0.15, -0.1) is 0 Å². The number of halogens is 1. The fourth-order valence-electron chi connectivity index (χ4n) is 2.80. The Bertz CT molecular complexity index is 1060. The number of anilines is 2. The van der Waals surface area contributed by atoms with Crippen LogP contribution in [0.4, 0.5) is 15.8 Å². The van der Waals surface area contributed by atoms with E-state index in [0.29, 0.717) is 5.69 Å². The third-order valence-electron chi connectivity index (χ3n) is 4.21. The van der Waals surface area contributed by atoms with E-state index in [1.165, 1.54) is 35.1 Å². The van der Waals surface area contributed by atoms with Crippen molar-refractivity contribution >= 4 is 35.0 Å². The second-order valence-corrected chi connectivity index (χ2v) is 7.84. The number of amides is 2. The Morgan fingerprint density at radius 3 is 2.28 bits per heavy atom. The van der Waals surface area contributed by atoms with Gasteiger partial charge in [0.2, 0.25) is 5.91 Å². The van der Waals surface area contributed by atoms with Gasteiger partial charge < -0.3 is 10.6 Å². The minimum Gasteiger partial charge on any atom is -0.324 e. The Labute approximate surface area is 173 Å². The summed E-state index contributed by atoms with van der Waals surface area (Å²) in [4.78, 5) is 25.9. The summed E-state index contributed by atoms with van der Waals surface area (Å²) in [7, 11) is 0. The number of carbonyl (C=O) groups excluding carboxylic acids is 2. The number of hydrogen-bond donors (Lipinski definition) is 2. The zero-order valence-electron chi connectivity index (χ0n) is 16.4. The topological polar surface area (TPSA) is 58.2 Å². The van der Waals surface area contributed by atoms with Crippen molar-refractivity contribution in [1.29, 1.82) is 0 Å². The van der Waals surface area contributed by atoms with Crippen LogP contribution in [0.3, 0.4) is 0 Å². The van der Waals surface area contributed by atoms with Gasteiger partial charge in [0, 0.05) is 28.0 Å². The van der Waals surface area contributed by atoms with Crippen LogP contribution in [0.1, 0.15) is 28.4 Å². The van der Waals surface area contributed by atoms with Crippen molar-refractivity contribution in [3.8, 4) is 0 Å². The normalized spacial score (nSPS) is 10.5. The van der Waals surface area contributed by atoms with Crippen LogP contribution in [-0.4, -0.2) is 11.8 Å². The Hall–Kier alpha value is -3.12. The van der Waals surface area contributed by atoms with Crippen LogP contribution in [0, 0.1) is 19.7 Å². The van der Waals surface area contributed by atoms with Gasteiger partial charge in [-0.1, -0.05) is 29.5 Å². The minimum atomic E-state index is -0.593.